The molecule has 0 aromatic rings. The first kappa shape index (κ1) is 17.2. The highest BCUT2D eigenvalue weighted by molar-refractivity contribution is 5.66. The zero-order chi connectivity index (χ0) is 14.0. The molecule has 2 atom stereocenters. The summed E-state index contributed by atoms with van der Waals surface area (Å²) in [5.74, 6) is 0.429. The molecule has 0 aromatic heterocycles. The molecule has 0 aliphatic rings. The van der Waals surface area contributed by atoms with Crippen molar-refractivity contribution in [3.8, 4) is 0 Å². The van der Waals surface area contributed by atoms with Crippen molar-refractivity contribution in [2.24, 2.45) is 11.8 Å². The van der Waals surface area contributed by atoms with E-state index in [4.69, 9.17) is 5.11 Å². The van der Waals surface area contributed by atoms with E-state index in [1.807, 2.05) is 0 Å². The summed E-state index contributed by atoms with van der Waals surface area (Å²) in [6.45, 7) is 8.68. The molecule has 0 radical (unpaired) electrons. The SMILES string of the molecule is CCCC(CCC(C)CCC=C(C)C)CC(=O)O. The zero-order valence-corrected chi connectivity index (χ0v) is 12.5. The van der Waals surface area contributed by atoms with Crippen LogP contribution < -0.4 is 0 Å². The topological polar surface area (TPSA) is 37.3 Å². The lowest BCUT2D eigenvalue weighted by Gasteiger charge is -2.16. The van der Waals surface area contributed by atoms with E-state index in [2.05, 4.69) is 33.8 Å². The van der Waals surface area contributed by atoms with E-state index in [9.17, 15) is 4.79 Å². The lowest BCUT2D eigenvalue weighted by Crippen LogP contribution is -2.09. The molecular weight excluding hydrogens is 224 g/mol. The Labute approximate surface area is 112 Å². The number of hydrogen-bond acceptors (Lipinski definition) is 1. The molecule has 0 amide bonds. The molecule has 1 N–H and O–H groups in total. The van der Waals surface area contributed by atoms with Crippen LogP contribution in [0.2, 0.25) is 0 Å². The maximum Gasteiger partial charge on any atom is 0.303 e. The van der Waals surface area contributed by atoms with Crippen LogP contribution in [0.25, 0.3) is 0 Å². The fraction of sp³-hybridized carbons (Fsp3) is 0.812. The van der Waals surface area contributed by atoms with E-state index >= 15 is 0 Å². The summed E-state index contributed by atoms with van der Waals surface area (Å²) in [5, 5.41) is 8.87. The van der Waals surface area contributed by atoms with E-state index < -0.39 is 5.97 Å². The van der Waals surface area contributed by atoms with Gasteiger partial charge in [-0.15, -0.1) is 0 Å². The number of hydrogen-bond donors (Lipinski definition) is 1. The Hall–Kier alpha value is -0.790. The number of carbonyl (C=O) groups is 1. The highest BCUT2D eigenvalue weighted by atomic mass is 16.4. The quantitative estimate of drug-likeness (QED) is 0.554. The molecule has 0 heterocycles. The van der Waals surface area contributed by atoms with Crippen molar-refractivity contribution in [3.05, 3.63) is 11.6 Å². The first-order valence-corrected chi connectivity index (χ1v) is 7.30. The summed E-state index contributed by atoms with van der Waals surface area (Å²) in [5.41, 5.74) is 1.39. The van der Waals surface area contributed by atoms with Crippen LogP contribution in [0.3, 0.4) is 0 Å². The highest BCUT2D eigenvalue weighted by Gasteiger charge is 2.13. The number of carboxylic acids is 1. The summed E-state index contributed by atoms with van der Waals surface area (Å²) in [7, 11) is 0. The minimum absolute atomic E-state index is 0.342. The number of allylic oxidation sites excluding steroid dienone is 2. The Kier molecular flexibility index (Phi) is 9.72. The molecule has 0 spiro atoms. The lowest BCUT2D eigenvalue weighted by atomic mass is 9.89. The molecular formula is C16H30O2. The fourth-order valence-electron chi connectivity index (χ4n) is 2.32. The minimum Gasteiger partial charge on any atom is -0.481 e. The van der Waals surface area contributed by atoms with Crippen molar-refractivity contribution < 1.29 is 9.90 Å². The maximum absolute atomic E-state index is 10.8. The number of aliphatic carboxylic acids is 1. The van der Waals surface area contributed by atoms with Crippen molar-refractivity contribution in [3.63, 3.8) is 0 Å². The van der Waals surface area contributed by atoms with Crippen molar-refractivity contribution in [1.29, 1.82) is 0 Å². The van der Waals surface area contributed by atoms with Crippen molar-refractivity contribution >= 4 is 5.97 Å². The monoisotopic (exact) mass is 254 g/mol. The molecule has 18 heavy (non-hydrogen) atoms. The Morgan fingerprint density at radius 1 is 1.17 bits per heavy atom. The van der Waals surface area contributed by atoms with Gasteiger partial charge in [-0.2, -0.15) is 0 Å². The predicted octanol–water partition coefficient (Wildman–Crippen LogP) is 5.04. The van der Waals surface area contributed by atoms with Gasteiger partial charge in [-0.1, -0.05) is 44.8 Å². The Morgan fingerprint density at radius 3 is 2.33 bits per heavy atom. The van der Waals surface area contributed by atoms with Gasteiger partial charge in [0.1, 0.15) is 0 Å². The Morgan fingerprint density at radius 2 is 1.83 bits per heavy atom. The van der Waals surface area contributed by atoms with Gasteiger partial charge in [0, 0.05) is 6.42 Å². The van der Waals surface area contributed by atoms with E-state index in [1.54, 1.807) is 0 Å². The minimum atomic E-state index is -0.648. The molecule has 0 fully saturated rings. The van der Waals surface area contributed by atoms with Gasteiger partial charge < -0.3 is 5.11 Å². The summed E-state index contributed by atoms with van der Waals surface area (Å²) < 4.78 is 0. The summed E-state index contributed by atoms with van der Waals surface area (Å²) >= 11 is 0. The third-order valence-electron chi connectivity index (χ3n) is 3.44. The molecule has 0 saturated heterocycles. The van der Waals surface area contributed by atoms with Crippen LogP contribution in [0.1, 0.15) is 72.6 Å². The highest BCUT2D eigenvalue weighted by Crippen LogP contribution is 2.23. The number of carboxylic acid groups (broad SMARTS) is 1. The van der Waals surface area contributed by atoms with Gasteiger partial charge in [0.15, 0.2) is 0 Å². The smallest absolute Gasteiger partial charge is 0.303 e. The van der Waals surface area contributed by atoms with Crippen molar-refractivity contribution in [2.75, 3.05) is 0 Å². The summed E-state index contributed by atoms with van der Waals surface area (Å²) in [6, 6.07) is 0. The molecule has 2 unspecified atom stereocenters. The molecule has 0 aliphatic carbocycles. The fourth-order valence-corrected chi connectivity index (χ4v) is 2.32. The van der Waals surface area contributed by atoms with Crippen LogP contribution in [0.5, 0.6) is 0 Å². The molecule has 2 heteroatoms. The van der Waals surface area contributed by atoms with Crippen molar-refractivity contribution in [2.45, 2.75) is 72.6 Å². The van der Waals surface area contributed by atoms with Gasteiger partial charge in [0.25, 0.3) is 0 Å². The summed E-state index contributed by atoms with van der Waals surface area (Å²) in [6.07, 6.45) is 9.37. The van der Waals surface area contributed by atoms with Crippen LogP contribution in [0, 0.1) is 11.8 Å². The molecule has 0 bridgehead atoms. The van der Waals surface area contributed by atoms with Crippen LogP contribution in [0.4, 0.5) is 0 Å². The zero-order valence-electron chi connectivity index (χ0n) is 12.5. The predicted molar refractivity (Wildman–Crippen MR) is 77.7 cm³/mol. The second-order valence-corrected chi connectivity index (χ2v) is 5.79. The molecule has 0 aromatic carbocycles. The lowest BCUT2D eigenvalue weighted by molar-refractivity contribution is -0.138. The van der Waals surface area contributed by atoms with Gasteiger partial charge in [0.2, 0.25) is 0 Å². The molecule has 2 nitrogen and oxygen atoms in total. The van der Waals surface area contributed by atoms with Crippen LogP contribution >= 0.6 is 0 Å². The average molecular weight is 254 g/mol. The van der Waals surface area contributed by atoms with Crippen LogP contribution in [-0.2, 0) is 4.79 Å². The maximum atomic E-state index is 10.8. The molecule has 106 valence electrons. The molecule has 0 aliphatic heterocycles. The number of rotatable bonds is 10. The van der Waals surface area contributed by atoms with Gasteiger partial charge >= 0.3 is 5.97 Å². The summed E-state index contributed by atoms with van der Waals surface area (Å²) in [4.78, 5) is 10.8. The van der Waals surface area contributed by atoms with Gasteiger partial charge in [-0.05, 0) is 44.9 Å². The Balaban J connectivity index is 3.87. The first-order chi connectivity index (χ1) is 8.45. The average Bonchev–Trinajstić information content (AvgIpc) is 2.25. The molecule has 0 rings (SSSR count). The van der Waals surface area contributed by atoms with Crippen LogP contribution in [-0.4, -0.2) is 11.1 Å². The van der Waals surface area contributed by atoms with Crippen molar-refractivity contribution in [1.82, 2.24) is 0 Å². The second kappa shape index (κ2) is 10.2. The largest absolute Gasteiger partial charge is 0.481 e. The van der Waals surface area contributed by atoms with E-state index in [-0.39, 0.29) is 0 Å². The first-order valence-electron chi connectivity index (χ1n) is 7.30. The van der Waals surface area contributed by atoms with Gasteiger partial charge in [0.05, 0.1) is 0 Å². The van der Waals surface area contributed by atoms with Gasteiger partial charge in [-0.25, -0.2) is 0 Å². The third kappa shape index (κ3) is 10.4. The van der Waals surface area contributed by atoms with Crippen LogP contribution in [0.15, 0.2) is 11.6 Å². The normalized spacial score (nSPS) is 14.0. The standard InChI is InChI=1S/C16H30O2/c1-5-7-15(12-16(17)18)11-10-14(4)9-6-8-13(2)3/h8,14-15H,5-7,9-12H2,1-4H3,(H,17,18). The van der Waals surface area contributed by atoms with E-state index in [1.165, 1.54) is 12.0 Å². The van der Waals surface area contributed by atoms with E-state index in [0.717, 1.165) is 32.1 Å². The third-order valence-corrected chi connectivity index (χ3v) is 3.44. The Bertz CT molecular complexity index is 252. The molecule has 0 saturated carbocycles. The van der Waals surface area contributed by atoms with E-state index in [0.29, 0.717) is 18.3 Å². The van der Waals surface area contributed by atoms with Gasteiger partial charge in [-0.3, -0.25) is 4.79 Å². The second-order valence-electron chi connectivity index (χ2n) is 5.79.